The van der Waals surface area contributed by atoms with E-state index in [9.17, 15) is 9.59 Å². The van der Waals surface area contributed by atoms with Gasteiger partial charge in [0.2, 0.25) is 0 Å². The highest BCUT2D eigenvalue weighted by Crippen LogP contribution is 2.13. The van der Waals surface area contributed by atoms with Crippen LogP contribution in [-0.4, -0.2) is 43.4 Å². The lowest BCUT2D eigenvalue weighted by Gasteiger charge is -2.22. The molecule has 0 bridgehead atoms. The van der Waals surface area contributed by atoms with E-state index in [2.05, 4.69) is 15.4 Å². The van der Waals surface area contributed by atoms with Gasteiger partial charge in [-0.3, -0.25) is 4.79 Å². The van der Waals surface area contributed by atoms with Gasteiger partial charge in [0, 0.05) is 12.6 Å². The van der Waals surface area contributed by atoms with E-state index in [-0.39, 0.29) is 18.1 Å². The average molecular weight is 244 g/mol. The molecular formula is C11H20N2O4. The van der Waals surface area contributed by atoms with Gasteiger partial charge in [-0.2, -0.15) is 0 Å². The van der Waals surface area contributed by atoms with Crippen LogP contribution in [0, 0.1) is 0 Å². The molecule has 1 amide bonds. The molecule has 1 rings (SSSR count). The highest BCUT2D eigenvalue weighted by Gasteiger charge is 2.33. The van der Waals surface area contributed by atoms with E-state index in [1.807, 2.05) is 20.8 Å². The first-order valence-corrected chi connectivity index (χ1v) is 5.62. The minimum Gasteiger partial charge on any atom is -0.459 e. The molecule has 2 N–H and O–H groups in total. The van der Waals surface area contributed by atoms with Gasteiger partial charge in [-0.25, -0.2) is 4.79 Å². The molecular weight excluding hydrogens is 224 g/mol. The fourth-order valence-corrected chi connectivity index (χ4v) is 1.62. The van der Waals surface area contributed by atoms with E-state index in [1.165, 1.54) is 7.11 Å². The van der Waals surface area contributed by atoms with Gasteiger partial charge < -0.3 is 20.1 Å². The van der Waals surface area contributed by atoms with Crippen LogP contribution in [0.25, 0.3) is 0 Å². The number of nitrogens with one attached hydrogen (secondary N) is 2. The summed E-state index contributed by atoms with van der Waals surface area (Å²) in [4.78, 5) is 22.7. The van der Waals surface area contributed by atoms with Crippen LogP contribution >= 0.6 is 0 Å². The largest absolute Gasteiger partial charge is 0.459 e. The molecule has 0 aromatic carbocycles. The second kappa shape index (κ2) is 5.35. The maximum atomic E-state index is 11.7. The maximum absolute atomic E-state index is 11.7. The number of carbonyl (C=O) groups is 2. The van der Waals surface area contributed by atoms with Gasteiger partial charge >= 0.3 is 12.1 Å². The van der Waals surface area contributed by atoms with Crippen molar-refractivity contribution in [3.05, 3.63) is 0 Å². The number of ether oxygens (including phenoxy) is 2. The van der Waals surface area contributed by atoms with Gasteiger partial charge in [-0.1, -0.05) is 0 Å². The highest BCUT2D eigenvalue weighted by atomic mass is 16.6. The Morgan fingerprint density at radius 2 is 2.00 bits per heavy atom. The first-order chi connectivity index (χ1) is 7.81. The van der Waals surface area contributed by atoms with Crippen LogP contribution in [-0.2, 0) is 14.3 Å². The first kappa shape index (κ1) is 13.8. The van der Waals surface area contributed by atoms with Crippen molar-refractivity contribution in [1.29, 1.82) is 0 Å². The number of methoxy groups -OCH3 is 1. The van der Waals surface area contributed by atoms with Crippen molar-refractivity contribution in [2.75, 3.05) is 13.7 Å². The summed E-state index contributed by atoms with van der Waals surface area (Å²) in [7, 11) is 1.31. The van der Waals surface area contributed by atoms with E-state index in [0.29, 0.717) is 13.0 Å². The van der Waals surface area contributed by atoms with Crippen LogP contribution in [0.15, 0.2) is 0 Å². The standard InChI is InChI=1S/C11H20N2O4/c1-11(2,3)17-9(14)8-5-7(6-12-8)13-10(15)16-4/h7-8,12H,5-6H2,1-4H3,(H,13,15). The number of rotatable bonds is 2. The Hall–Kier alpha value is -1.30. The predicted octanol–water partition coefficient (Wildman–Crippen LogP) is 0.415. The minimum absolute atomic E-state index is 0.0973. The molecule has 0 saturated carbocycles. The Labute approximate surface area is 101 Å². The molecule has 98 valence electrons. The molecule has 0 aromatic rings. The molecule has 0 radical (unpaired) electrons. The number of carbonyl (C=O) groups excluding carboxylic acids is 2. The highest BCUT2D eigenvalue weighted by molar-refractivity contribution is 5.77. The topological polar surface area (TPSA) is 76.7 Å². The zero-order valence-corrected chi connectivity index (χ0v) is 10.7. The molecule has 2 unspecified atom stereocenters. The van der Waals surface area contributed by atoms with Crippen molar-refractivity contribution in [3.63, 3.8) is 0 Å². The lowest BCUT2D eigenvalue weighted by molar-refractivity contribution is -0.157. The minimum atomic E-state index is -0.493. The van der Waals surface area contributed by atoms with Crippen molar-refractivity contribution in [2.45, 2.75) is 44.9 Å². The van der Waals surface area contributed by atoms with Crippen molar-refractivity contribution in [2.24, 2.45) is 0 Å². The summed E-state index contributed by atoms with van der Waals surface area (Å²) in [5, 5.41) is 5.66. The van der Waals surface area contributed by atoms with E-state index in [1.54, 1.807) is 0 Å². The normalized spacial score (nSPS) is 24.2. The van der Waals surface area contributed by atoms with Gasteiger partial charge in [0.15, 0.2) is 0 Å². The molecule has 2 atom stereocenters. The fraction of sp³-hybridized carbons (Fsp3) is 0.818. The van der Waals surface area contributed by atoms with Gasteiger partial charge in [-0.15, -0.1) is 0 Å². The third-order valence-corrected chi connectivity index (χ3v) is 2.33. The van der Waals surface area contributed by atoms with E-state index in [0.717, 1.165) is 0 Å². The summed E-state index contributed by atoms with van der Waals surface area (Å²) >= 11 is 0. The van der Waals surface area contributed by atoms with Gasteiger partial charge in [0.25, 0.3) is 0 Å². The SMILES string of the molecule is COC(=O)NC1CNC(C(=O)OC(C)(C)C)C1. The second-order valence-corrected chi connectivity index (χ2v) is 5.06. The van der Waals surface area contributed by atoms with Gasteiger partial charge in [-0.05, 0) is 27.2 Å². The molecule has 0 spiro atoms. The monoisotopic (exact) mass is 244 g/mol. The molecule has 17 heavy (non-hydrogen) atoms. The molecule has 0 aliphatic carbocycles. The Balaban J connectivity index is 2.39. The van der Waals surface area contributed by atoms with Crippen molar-refractivity contribution < 1.29 is 19.1 Å². The fourth-order valence-electron chi connectivity index (χ4n) is 1.62. The lowest BCUT2D eigenvalue weighted by atomic mass is 10.1. The molecule has 1 heterocycles. The predicted molar refractivity (Wildman–Crippen MR) is 61.6 cm³/mol. The van der Waals surface area contributed by atoms with Gasteiger partial charge in [0.05, 0.1) is 7.11 Å². The zero-order valence-electron chi connectivity index (χ0n) is 10.7. The Morgan fingerprint density at radius 1 is 1.35 bits per heavy atom. The Morgan fingerprint density at radius 3 is 2.53 bits per heavy atom. The Bertz CT molecular complexity index is 298. The summed E-state index contributed by atoms with van der Waals surface area (Å²) < 4.78 is 9.75. The third-order valence-electron chi connectivity index (χ3n) is 2.33. The molecule has 1 aliphatic rings. The van der Waals surface area contributed by atoms with E-state index in [4.69, 9.17) is 4.74 Å². The van der Waals surface area contributed by atoms with Crippen LogP contribution in [0.2, 0.25) is 0 Å². The molecule has 1 aliphatic heterocycles. The van der Waals surface area contributed by atoms with E-state index < -0.39 is 11.7 Å². The van der Waals surface area contributed by atoms with Crippen LogP contribution in [0.3, 0.4) is 0 Å². The van der Waals surface area contributed by atoms with Gasteiger partial charge in [0.1, 0.15) is 11.6 Å². The quantitative estimate of drug-likeness (QED) is 0.688. The molecule has 0 aromatic heterocycles. The van der Waals surface area contributed by atoms with Crippen LogP contribution in [0.4, 0.5) is 4.79 Å². The van der Waals surface area contributed by atoms with Crippen molar-refractivity contribution in [1.82, 2.24) is 10.6 Å². The number of alkyl carbamates (subject to hydrolysis) is 1. The Kier molecular flexibility index (Phi) is 4.34. The lowest BCUT2D eigenvalue weighted by Crippen LogP contribution is -2.37. The summed E-state index contributed by atoms with van der Waals surface area (Å²) in [5.41, 5.74) is -0.493. The molecule has 1 saturated heterocycles. The number of hydrogen-bond acceptors (Lipinski definition) is 5. The van der Waals surface area contributed by atoms with Crippen molar-refractivity contribution in [3.8, 4) is 0 Å². The third kappa shape index (κ3) is 4.60. The summed E-state index contributed by atoms with van der Waals surface area (Å²) in [6.45, 7) is 6.01. The smallest absolute Gasteiger partial charge is 0.407 e. The molecule has 6 nitrogen and oxygen atoms in total. The van der Waals surface area contributed by atoms with Crippen LogP contribution in [0.5, 0.6) is 0 Å². The van der Waals surface area contributed by atoms with Crippen LogP contribution in [0.1, 0.15) is 27.2 Å². The van der Waals surface area contributed by atoms with Crippen molar-refractivity contribution >= 4 is 12.1 Å². The summed E-state index contributed by atoms with van der Waals surface area (Å²) in [5.74, 6) is -0.285. The average Bonchev–Trinajstić information content (AvgIpc) is 2.63. The molecule has 6 heteroatoms. The van der Waals surface area contributed by atoms with Crippen LogP contribution < -0.4 is 10.6 Å². The first-order valence-electron chi connectivity index (χ1n) is 5.62. The van der Waals surface area contributed by atoms with E-state index >= 15 is 0 Å². The zero-order chi connectivity index (χ0) is 13.1. The second-order valence-electron chi connectivity index (χ2n) is 5.06. The number of amides is 1. The number of hydrogen-bond donors (Lipinski definition) is 2. The molecule has 1 fully saturated rings. The number of esters is 1. The summed E-state index contributed by atoms with van der Waals surface area (Å²) in [6.07, 6.45) is 0.0333. The maximum Gasteiger partial charge on any atom is 0.407 e. The summed E-state index contributed by atoms with van der Waals surface area (Å²) in [6, 6.07) is -0.462.